The summed E-state index contributed by atoms with van der Waals surface area (Å²) in [4.78, 5) is 0. The summed E-state index contributed by atoms with van der Waals surface area (Å²) in [5, 5.41) is 0. The zero-order valence-corrected chi connectivity index (χ0v) is 22.8. The second-order valence-electron chi connectivity index (χ2n) is 8.76. The van der Waals surface area contributed by atoms with Crippen LogP contribution >= 0.6 is 0 Å². The fourth-order valence-electron chi connectivity index (χ4n) is 3.85. The second-order valence-corrected chi connectivity index (χ2v) is 8.76. The van der Waals surface area contributed by atoms with Gasteiger partial charge in [-0.15, -0.1) is 0 Å². The van der Waals surface area contributed by atoms with Gasteiger partial charge in [-0.3, -0.25) is 0 Å². The fourth-order valence-corrected chi connectivity index (χ4v) is 3.85. The summed E-state index contributed by atoms with van der Waals surface area (Å²) in [5.41, 5.74) is 5.25. The Kier molecular flexibility index (Phi) is 8.41. The average molecular weight is 612 g/mol. The molecule has 0 saturated carbocycles. The minimum Gasteiger partial charge on any atom is -1.00 e. The van der Waals surface area contributed by atoms with Gasteiger partial charge in [0.15, 0.2) is 24.3 Å². The van der Waals surface area contributed by atoms with Gasteiger partial charge in [-0.1, -0.05) is 13.8 Å². The lowest BCUT2D eigenvalue weighted by atomic mass is 9.91. The largest absolute Gasteiger partial charge is 1.00 e. The van der Waals surface area contributed by atoms with Crippen LogP contribution in [0.3, 0.4) is 0 Å². The van der Waals surface area contributed by atoms with Crippen molar-refractivity contribution in [1.29, 1.82) is 0 Å². The predicted octanol–water partition coefficient (Wildman–Crippen LogP) is -2.79. The normalized spacial score (nSPS) is 19.7. The van der Waals surface area contributed by atoms with Crippen molar-refractivity contribution >= 4 is 11.8 Å². The molecule has 1 aromatic carbocycles. The first-order chi connectivity index (χ1) is 12.1. The van der Waals surface area contributed by atoms with Gasteiger partial charge in [0.25, 0.3) is 0 Å². The topological polar surface area (TPSA) is 24.5 Å². The highest BCUT2D eigenvalue weighted by Gasteiger charge is 2.43. The highest BCUT2D eigenvalue weighted by molar-refractivity contribution is 5.98. The van der Waals surface area contributed by atoms with Crippen molar-refractivity contribution in [2.24, 2.45) is 0 Å². The lowest BCUT2D eigenvalue weighted by molar-refractivity contribution is -0.562. The lowest BCUT2D eigenvalue weighted by Gasteiger charge is -2.15. The molecule has 3 rings (SSSR count). The molecule has 0 bridgehead atoms. The molecule has 2 aliphatic rings. The maximum atomic E-state index is 6.12. The first-order valence-electron chi connectivity index (χ1n) is 9.76. The maximum absolute atomic E-state index is 6.12. The predicted molar refractivity (Wildman–Crippen MR) is 106 cm³/mol. The Bertz CT molecular complexity index is 744. The van der Waals surface area contributed by atoms with Crippen molar-refractivity contribution in [3.63, 3.8) is 0 Å². The van der Waals surface area contributed by atoms with E-state index in [0.717, 1.165) is 37.9 Å². The van der Waals surface area contributed by atoms with E-state index in [4.69, 9.17) is 9.47 Å². The molecule has 0 atom stereocenters. The molecule has 0 unspecified atom stereocenters. The van der Waals surface area contributed by atoms with Gasteiger partial charge >= 0.3 is 11.8 Å². The number of hydrogen-bond acceptors (Lipinski definition) is 2. The van der Waals surface area contributed by atoms with Gasteiger partial charge < -0.3 is 57.4 Å². The zero-order valence-electron chi connectivity index (χ0n) is 18.4. The van der Waals surface area contributed by atoms with Gasteiger partial charge in [-0.25, -0.2) is 0 Å². The molecule has 0 radical (unpaired) electrons. The minimum absolute atomic E-state index is 0. The minimum atomic E-state index is 0. The van der Waals surface area contributed by atoms with E-state index in [9.17, 15) is 0 Å². The van der Waals surface area contributed by atoms with Crippen molar-refractivity contribution in [2.75, 3.05) is 27.3 Å². The average Bonchev–Trinajstić information content (AvgIpc) is 3.02. The van der Waals surface area contributed by atoms with Crippen molar-refractivity contribution in [3.05, 3.63) is 34.4 Å². The van der Waals surface area contributed by atoms with Gasteiger partial charge in [0.05, 0.1) is 11.1 Å². The summed E-state index contributed by atoms with van der Waals surface area (Å²) in [6.45, 7) is 14.8. The molecule has 0 aliphatic carbocycles. The maximum Gasteiger partial charge on any atom is 0.370 e. The number of halogens is 2. The summed E-state index contributed by atoms with van der Waals surface area (Å²) < 4.78 is 16.8. The first-order valence-corrected chi connectivity index (χ1v) is 9.76. The fraction of sp³-hybridized carbons (Fsp3) is 0.636. The van der Waals surface area contributed by atoms with E-state index >= 15 is 0 Å². The Hall–Kier alpha value is -0.380. The van der Waals surface area contributed by atoms with Crippen LogP contribution in [0.25, 0.3) is 0 Å². The first kappa shape index (κ1) is 25.7. The molecule has 28 heavy (non-hydrogen) atoms. The molecule has 6 heteroatoms. The van der Waals surface area contributed by atoms with Crippen LogP contribution < -0.4 is 48.0 Å². The molecule has 158 valence electrons. The molecule has 2 heterocycles. The number of likely N-dealkylation sites (N-methyl/N-ethyl adjacent to an activating group) is 2. The van der Waals surface area contributed by atoms with Crippen LogP contribution in [0.4, 0.5) is 0 Å². The van der Waals surface area contributed by atoms with E-state index in [2.05, 4.69) is 76.9 Å². The smallest absolute Gasteiger partial charge is 0.370 e. The van der Waals surface area contributed by atoms with E-state index in [-0.39, 0.29) is 59.0 Å². The molecule has 0 amide bonds. The third-order valence-electron chi connectivity index (χ3n) is 6.15. The van der Waals surface area contributed by atoms with Crippen LogP contribution in [0.2, 0.25) is 0 Å². The number of ether oxygens (including phenoxy) is 2. The van der Waals surface area contributed by atoms with E-state index in [1.807, 2.05) is 0 Å². The van der Waals surface area contributed by atoms with Crippen LogP contribution in [-0.4, -0.2) is 59.3 Å². The Morgan fingerprint density at radius 2 is 1.07 bits per heavy atom. The highest BCUT2D eigenvalue weighted by Crippen LogP contribution is 2.29. The molecule has 4 nitrogen and oxygen atoms in total. The number of hydrogen-bond donors (Lipinski definition) is 0. The molecule has 0 N–H and O–H groups in total. The molecular formula is C22H34I2N2O2. The molecule has 0 aromatic heterocycles. The lowest BCUT2D eigenvalue weighted by Crippen LogP contribution is -3.00. The van der Waals surface area contributed by atoms with E-state index in [1.165, 1.54) is 22.3 Å². The monoisotopic (exact) mass is 612 g/mol. The van der Waals surface area contributed by atoms with E-state index in [0.29, 0.717) is 0 Å². The standard InChI is InChI=1S/C22H34N2O2.2HI/c1-9-15-16(10-2)18(20-24(8)22(5,6)14-26-20)12-11-17(15)19-23(7)21(3,4)13-25-19;;/h11-12H,9-10,13-14H2,1-8H3;2*1H/q+2;;/p-2. The van der Waals surface area contributed by atoms with Crippen LogP contribution in [0, 0.1) is 0 Å². The van der Waals surface area contributed by atoms with Crippen LogP contribution in [0.15, 0.2) is 12.1 Å². The molecule has 0 saturated heterocycles. The molecule has 1 aromatic rings. The Balaban J connectivity index is 0.00000196. The van der Waals surface area contributed by atoms with Crippen LogP contribution in [0.5, 0.6) is 0 Å². The molecule has 0 spiro atoms. The summed E-state index contributed by atoms with van der Waals surface area (Å²) in [6.07, 6.45) is 1.96. The van der Waals surface area contributed by atoms with Gasteiger partial charge in [-0.2, -0.15) is 9.15 Å². The van der Waals surface area contributed by atoms with Crippen molar-refractivity contribution in [1.82, 2.24) is 0 Å². The van der Waals surface area contributed by atoms with Crippen molar-refractivity contribution in [2.45, 2.75) is 65.5 Å². The highest BCUT2D eigenvalue weighted by atomic mass is 127. The summed E-state index contributed by atoms with van der Waals surface area (Å²) in [5.74, 6) is 2.00. The number of rotatable bonds is 4. The van der Waals surface area contributed by atoms with Gasteiger partial charge in [0, 0.05) is 27.7 Å². The molecular weight excluding hydrogens is 578 g/mol. The van der Waals surface area contributed by atoms with Crippen molar-refractivity contribution in [3.8, 4) is 0 Å². The number of nitrogens with zero attached hydrogens (tertiary/aromatic N) is 2. The van der Waals surface area contributed by atoms with Crippen LogP contribution in [0.1, 0.15) is 63.8 Å². The van der Waals surface area contributed by atoms with Gasteiger partial charge in [0.1, 0.15) is 14.1 Å². The summed E-state index contributed by atoms with van der Waals surface area (Å²) in [6, 6.07) is 4.44. The SMILES string of the molecule is CCc1c(C2=[N+](C)C(C)(C)CO2)ccc(C2=[N+](C)C(C)(C)CO2)c1CC.[I-].[I-]. The third kappa shape index (κ3) is 4.23. The Labute approximate surface area is 204 Å². The number of benzene rings is 1. The summed E-state index contributed by atoms with van der Waals surface area (Å²) >= 11 is 0. The van der Waals surface area contributed by atoms with E-state index < -0.39 is 0 Å². The second kappa shape index (κ2) is 9.18. The Morgan fingerprint density at radius 1 is 0.750 bits per heavy atom. The molecule has 2 aliphatic heterocycles. The van der Waals surface area contributed by atoms with Gasteiger partial charge in [0.2, 0.25) is 0 Å². The molecule has 0 fully saturated rings. The van der Waals surface area contributed by atoms with E-state index in [1.54, 1.807) is 0 Å². The third-order valence-corrected chi connectivity index (χ3v) is 6.15. The Morgan fingerprint density at radius 3 is 1.29 bits per heavy atom. The van der Waals surface area contributed by atoms with Crippen molar-refractivity contribution < 1.29 is 66.6 Å². The quantitative estimate of drug-likeness (QED) is 0.272. The van der Waals surface area contributed by atoms with Crippen LogP contribution in [-0.2, 0) is 22.3 Å². The zero-order chi connectivity index (χ0) is 19.3. The van der Waals surface area contributed by atoms with Gasteiger partial charge in [-0.05, 0) is 36.1 Å². The summed E-state index contributed by atoms with van der Waals surface area (Å²) in [7, 11) is 4.26.